The van der Waals surface area contributed by atoms with Gasteiger partial charge < -0.3 is 28.4 Å². The van der Waals surface area contributed by atoms with Gasteiger partial charge in [-0.3, -0.25) is 9.59 Å². The average molecular weight is 947 g/mol. The van der Waals surface area contributed by atoms with Crippen LogP contribution in [0.25, 0.3) is 21.5 Å². The number of fused-ring (bicyclic) bond motifs is 4. The van der Waals surface area contributed by atoms with Gasteiger partial charge in [0, 0.05) is 47.2 Å². The maximum Gasteiger partial charge on any atom is 0.508 e. The topological polar surface area (TPSA) is 124 Å². The van der Waals surface area contributed by atoms with Crippen molar-refractivity contribution in [2.45, 2.75) is 155 Å². The van der Waals surface area contributed by atoms with Gasteiger partial charge >= 0.3 is 24.2 Å². The Morgan fingerprint density at radius 2 is 0.743 bits per heavy atom. The highest BCUT2D eigenvalue weighted by Gasteiger charge is 2.34. The number of hydrogen-bond acceptors (Lipinski definition) is 10. The lowest BCUT2D eigenvalue weighted by Crippen LogP contribution is -2.23. The molecule has 0 saturated heterocycles. The first-order chi connectivity index (χ1) is 34.1. The first kappa shape index (κ1) is 51.1. The molecule has 0 aliphatic heterocycles. The molecule has 10 heteroatoms. The van der Waals surface area contributed by atoms with Crippen LogP contribution in [0.3, 0.4) is 0 Å². The van der Waals surface area contributed by atoms with Crippen molar-refractivity contribution < 1.29 is 47.6 Å². The molecule has 10 nitrogen and oxygen atoms in total. The fourth-order valence-corrected chi connectivity index (χ4v) is 9.38. The molecule has 0 radical (unpaired) electrons. The number of carbonyl (C=O) groups is 4. The fourth-order valence-electron chi connectivity index (χ4n) is 9.38. The van der Waals surface area contributed by atoms with Gasteiger partial charge in [0.15, 0.2) is 0 Å². The van der Waals surface area contributed by atoms with Crippen molar-refractivity contribution in [3.05, 3.63) is 129 Å². The van der Waals surface area contributed by atoms with Gasteiger partial charge in [0.2, 0.25) is 0 Å². The lowest BCUT2D eigenvalue weighted by atomic mass is 9.86. The molecular formula is C60H66O10. The van der Waals surface area contributed by atoms with E-state index in [1.807, 2.05) is 48.5 Å². The number of benzene rings is 5. The van der Waals surface area contributed by atoms with Crippen molar-refractivity contribution in [1.82, 2.24) is 0 Å². The summed E-state index contributed by atoms with van der Waals surface area (Å²) in [5, 5.41) is 4.22. The van der Waals surface area contributed by atoms with Crippen LogP contribution < -0.4 is 0 Å². The zero-order valence-corrected chi connectivity index (χ0v) is 41.2. The van der Waals surface area contributed by atoms with E-state index in [9.17, 15) is 19.2 Å². The van der Waals surface area contributed by atoms with E-state index in [1.165, 1.54) is 52.4 Å². The molecule has 0 bridgehead atoms. The molecule has 366 valence electrons. The molecule has 0 fully saturated rings. The van der Waals surface area contributed by atoms with E-state index in [2.05, 4.69) is 73.9 Å². The highest BCUT2D eigenvalue weighted by molar-refractivity contribution is 5.99. The van der Waals surface area contributed by atoms with E-state index >= 15 is 0 Å². The Morgan fingerprint density at radius 1 is 0.400 bits per heavy atom. The first-order valence-corrected chi connectivity index (χ1v) is 25.4. The van der Waals surface area contributed by atoms with Crippen LogP contribution in [0.2, 0.25) is 0 Å². The molecule has 7 rings (SSSR count). The molecule has 4 unspecified atom stereocenters. The van der Waals surface area contributed by atoms with Crippen LogP contribution in [0.4, 0.5) is 9.59 Å². The van der Waals surface area contributed by atoms with Crippen molar-refractivity contribution in [3.8, 4) is 23.7 Å². The van der Waals surface area contributed by atoms with Crippen LogP contribution in [-0.4, -0.2) is 37.5 Å². The normalized spacial score (nSPS) is 16.9. The molecule has 0 aromatic heterocycles. The lowest BCUT2D eigenvalue weighted by Gasteiger charge is -2.30. The standard InChI is InChI=1S/C60H66O10/c1-5-7-9-11-13-15-33-65-59(63)69-56-30-32-58(70-60(64)66-34-16-14-12-10-8-6-2)54-38-46(24-28-52(54)56)20-18-44-22-26-48-39-49-35-43(21-25-47(49)40-50(48)36-44)17-19-45-23-27-51-53(37-45)57(68-42(4)62)31-29-55(51)67-41(3)61/h21-28,35-40,55-58H,5-16,29-34H2,1-4H3. The van der Waals surface area contributed by atoms with Gasteiger partial charge in [0.25, 0.3) is 0 Å². The molecular weight excluding hydrogens is 881 g/mol. The van der Waals surface area contributed by atoms with Crippen LogP contribution in [-0.2, 0) is 38.0 Å². The van der Waals surface area contributed by atoms with Crippen molar-refractivity contribution in [1.29, 1.82) is 0 Å². The number of unbranched alkanes of at least 4 members (excludes halogenated alkanes) is 10. The summed E-state index contributed by atoms with van der Waals surface area (Å²) in [7, 11) is 0. The van der Waals surface area contributed by atoms with Gasteiger partial charge in [0.05, 0.1) is 13.2 Å². The van der Waals surface area contributed by atoms with E-state index < -0.39 is 36.7 Å². The zero-order chi connectivity index (χ0) is 49.2. The van der Waals surface area contributed by atoms with E-state index in [1.54, 1.807) is 0 Å². The second-order valence-electron chi connectivity index (χ2n) is 18.5. The summed E-state index contributed by atoms with van der Waals surface area (Å²) in [5.74, 6) is 12.5. The summed E-state index contributed by atoms with van der Waals surface area (Å²) < 4.78 is 33.9. The van der Waals surface area contributed by atoms with Gasteiger partial charge in [0.1, 0.15) is 24.4 Å². The fraction of sp³-hybridized carbons (Fsp3) is 0.433. The van der Waals surface area contributed by atoms with Crippen LogP contribution in [0, 0.1) is 23.7 Å². The Balaban J connectivity index is 1.05. The van der Waals surface area contributed by atoms with Gasteiger partial charge in [-0.15, -0.1) is 0 Å². The molecule has 5 aromatic carbocycles. The molecule has 5 aromatic rings. The minimum atomic E-state index is -0.702. The highest BCUT2D eigenvalue weighted by atomic mass is 16.7. The summed E-state index contributed by atoms with van der Waals surface area (Å²) in [5.41, 5.74) is 6.34. The second-order valence-corrected chi connectivity index (χ2v) is 18.5. The van der Waals surface area contributed by atoms with E-state index in [0.29, 0.717) is 38.9 Å². The zero-order valence-electron chi connectivity index (χ0n) is 41.2. The van der Waals surface area contributed by atoms with Gasteiger partial charge in [-0.25, -0.2) is 9.59 Å². The molecule has 0 saturated carbocycles. The minimum absolute atomic E-state index is 0.311. The van der Waals surface area contributed by atoms with Crippen molar-refractivity contribution in [2.24, 2.45) is 0 Å². The Bertz CT molecular complexity index is 2770. The number of hydrogen-bond donors (Lipinski definition) is 0. The van der Waals surface area contributed by atoms with Crippen LogP contribution in [0.1, 0.15) is 199 Å². The third-order valence-electron chi connectivity index (χ3n) is 13.0. The minimum Gasteiger partial charge on any atom is -0.458 e. The summed E-state index contributed by atoms with van der Waals surface area (Å²) in [4.78, 5) is 49.4. The highest BCUT2D eigenvalue weighted by Crippen LogP contribution is 2.42. The van der Waals surface area contributed by atoms with E-state index in [0.717, 1.165) is 105 Å². The van der Waals surface area contributed by atoms with Gasteiger partial charge in [-0.05, 0) is 132 Å². The maximum absolute atomic E-state index is 12.9. The quantitative estimate of drug-likeness (QED) is 0.0276. The van der Waals surface area contributed by atoms with Crippen LogP contribution in [0.5, 0.6) is 0 Å². The average Bonchev–Trinajstić information content (AvgIpc) is 3.35. The first-order valence-electron chi connectivity index (χ1n) is 25.4. The summed E-state index contributed by atoms with van der Waals surface area (Å²) in [6.07, 6.45) is 11.7. The number of ether oxygens (including phenoxy) is 6. The molecule has 4 atom stereocenters. The van der Waals surface area contributed by atoms with Crippen molar-refractivity contribution in [3.63, 3.8) is 0 Å². The number of esters is 2. The molecule has 0 spiro atoms. The third-order valence-corrected chi connectivity index (χ3v) is 13.0. The van der Waals surface area contributed by atoms with Gasteiger partial charge in [-0.2, -0.15) is 0 Å². The van der Waals surface area contributed by atoms with Crippen LogP contribution >= 0.6 is 0 Å². The Labute approximate surface area is 413 Å². The molecule has 70 heavy (non-hydrogen) atoms. The number of carbonyl (C=O) groups excluding carboxylic acids is 4. The van der Waals surface area contributed by atoms with Gasteiger partial charge in [-0.1, -0.05) is 126 Å². The van der Waals surface area contributed by atoms with Crippen molar-refractivity contribution in [2.75, 3.05) is 13.2 Å². The SMILES string of the molecule is CCCCCCCCOC(=O)OC1CCC(OC(=O)OCCCCCCCC)c2cc(C#Cc3ccc4cc5cc(C#Cc6ccc7c(c6)C(OC(C)=O)CCC7OC(C)=O)ccc5cc4c3)ccc21. The van der Waals surface area contributed by atoms with E-state index in [-0.39, 0.29) is 11.9 Å². The third kappa shape index (κ3) is 14.6. The lowest BCUT2D eigenvalue weighted by molar-refractivity contribution is -0.153. The Hall–Kier alpha value is -6.78. The molecule has 2 aliphatic carbocycles. The molecule has 0 heterocycles. The smallest absolute Gasteiger partial charge is 0.458 e. The summed E-state index contributed by atoms with van der Waals surface area (Å²) in [6.45, 7) is 7.80. The maximum atomic E-state index is 12.9. The largest absolute Gasteiger partial charge is 0.508 e. The predicted octanol–water partition coefficient (Wildman–Crippen LogP) is 14.7. The van der Waals surface area contributed by atoms with E-state index in [4.69, 9.17) is 28.4 Å². The Morgan fingerprint density at radius 3 is 1.16 bits per heavy atom. The molecule has 2 aliphatic rings. The summed E-state index contributed by atoms with van der Waals surface area (Å²) in [6, 6.07) is 28.1. The molecule has 0 N–H and O–H groups in total. The van der Waals surface area contributed by atoms with Crippen LogP contribution in [0.15, 0.2) is 84.9 Å². The number of rotatable bonds is 18. The summed E-state index contributed by atoms with van der Waals surface area (Å²) >= 11 is 0. The monoisotopic (exact) mass is 946 g/mol. The second kappa shape index (κ2) is 25.7. The molecule has 0 amide bonds. The Kier molecular flexibility index (Phi) is 18.8. The van der Waals surface area contributed by atoms with Crippen molar-refractivity contribution >= 4 is 45.8 Å². The predicted molar refractivity (Wildman–Crippen MR) is 271 cm³/mol.